The largest absolute Gasteiger partial charge is 0.354 e. The number of unbranched alkanes of at least 4 members (excludes halogenated alkanes) is 1. The summed E-state index contributed by atoms with van der Waals surface area (Å²) in [6.45, 7) is 3.93. The van der Waals surface area contributed by atoms with Crippen LogP contribution in [-0.2, 0) is 9.47 Å². The number of hydrogen-bond acceptors (Lipinski definition) is 2. The number of allylic oxidation sites excluding steroid dienone is 1. The van der Waals surface area contributed by atoms with Gasteiger partial charge in [-0.3, -0.25) is 0 Å². The van der Waals surface area contributed by atoms with Crippen molar-refractivity contribution in [2.45, 2.75) is 57.8 Å². The van der Waals surface area contributed by atoms with Gasteiger partial charge in [0.2, 0.25) is 0 Å². The van der Waals surface area contributed by atoms with Gasteiger partial charge in [-0.05, 0) is 50.4 Å². The van der Waals surface area contributed by atoms with Crippen molar-refractivity contribution in [1.29, 1.82) is 0 Å². The Morgan fingerprint density at radius 1 is 1.44 bits per heavy atom. The Balaban J connectivity index is 2.31. The van der Waals surface area contributed by atoms with Gasteiger partial charge in [-0.15, -0.1) is 0 Å². The van der Waals surface area contributed by atoms with Gasteiger partial charge in [-0.25, -0.2) is 0 Å². The molecule has 1 rings (SSSR count). The molecule has 0 saturated heterocycles. The summed E-state index contributed by atoms with van der Waals surface area (Å²) in [5.41, 5.74) is 1.57. The second kappa shape index (κ2) is 6.97. The van der Waals surface area contributed by atoms with Crippen LogP contribution in [-0.4, -0.2) is 23.4 Å². The predicted molar refractivity (Wildman–Crippen MR) is 76.0 cm³/mol. The maximum absolute atomic E-state index is 5.88. The van der Waals surface area contributed by atoms with Crippen molar-refractivity contribution < 1.29 is 9.47 Å². The second-order valence-electron chi connectivity index (χ2n) is 4.77. The first-order chi connectivity index (χ1) is 7.57. The third-order valence-corrected chi connectivity index (χ3v) is 3.74. The van der Waals surface area contributed by atoms with Crippen LogP contribution in [0, 0.1) is 0 Å². The Kier molecular flexibility index (Phi) is 6.29. The molecule has 0 radical (unpaired) electrons. The Labute approximate surface area is 113 Å². The highest BCUT2D eigenvalue weighted by Gasteiger charge is 2.24. The van der Waals surface area contributed by atoms with E-state index in [1.807, 2.05) is 13.8 Å². The molecule has 0 aliphatic heterocycles. The lowest BCUT2D eigenvalue weighted by atomic mass is 10.1. The standard InChI is InChI=1S/C13H23IO2/c1-13(2,15-3)16-12-8-7-11(10-12)6-4-5-9-14/h10,12H,4-9H2,1-3H3. The van der Waals surface area contributed by atoms with Crippen LogP contribution in [0.2, 0.25) is 0 Å². The molecule has 0 bridgehead atoms. The van der Waals surface area contributed by atoms with Gasteiger partial charge >= 0.3 is 0 Å². The zero-order valence-electron chi connectivity index (χ0n) is 10.6. The molecule has 0 aromatic carbocycles. The van der Waals surface area contributed by atoms with E-state index in [9.17, 15) is 0 Å². The van der Waals surface area contributed by atoms with Gasteiger partial charge in [0.1, 0.15) is 0 Å². The molecule has 0 aromatic rings. The predicted octanol–water partition coefficient (Wildman–Crippen LogP) is 4.08. The number of rotatable bonds is 7. The molecule has 3 heteroatoms. The lowest BCUT2D eigenvalue weighted by molar-refractivity contribution is -0.213. The molecule has 1 aliphatic rings. The fourth-order valence-electron chi connectivity index (χ4n) is 1.92. The first-order valence-corrected chi connectivity index (χ1v) is 7.58. The van der Waals surface area contributed by atoms with E-state index in [-0.39, 0.29) is 6.10 Å². The van der Waals surface area contributed by atoms with Crippen molar-refractivity contribution in [3.05, 3.63) is 11.6 Å². The fourth-order valence-corrected chi connectivity index (χ4v) is 2.46. The Bertz CT molecular complexity index is 236. The summed E-state index contributed by atoms with van der Waals surface area (Å²) in [6.07, 6.45) is 8.76. The van der Waals surface area contributed by atoms with Crippen molar-refractivity contribution in [1.82, 2.24) is 0 Å². The Morgan fingerprint density at radius 3 is 2.81 bits per heavy atom. The van der Waals surface area contributed by atoms with Crippen molar-refractivity contribution in [2.24, 2.45) is 0 Å². The van der Waals surface area contributed by atoms with Crippen molar-refractivity contribution in [3.63, 3.8) is 0 Å². The molecule has 0 saturated carbocycles. The SMILES string of the molecule is COC(C)(C)OC1C=C(CCCCI)CC1. The number of halogens is 1. The summed E-state index contributed by atoms with van der Waals surface area (Å²) in [5, 5.41) is 0. The number of alkyl halides is 1. The zero-order valence-corrected chi connectivity index (χ0v) is 12.7. The highest BCUT2D eigenvalue weighted by atomic mass is 127. The molecule has 1 atom stereocenters. The van der Waals surface area contributed by atoms with E-state index in [2.05, 4.69) is 28.7 Å². The highest BCUT2D eigenvalue weighted by molar-refractivity contribution is 14.1. The number of methoxy groups -OCH3 is 1. The second-order valence-corrected chi connectivity index (χ2v) is 5.85. The van der Waals surface area contributed by atoms with Crippen molar-refractivity contribution in [2.75, 3.05) is 11.5 Å². The number of hydrogen-bond donors (Lipinski definition) is 0. The summed E-state index contributed by atoms with van der Waals surface area (Å²) in [6, 6.07) is 0. The third kappa shape index (κ3) is 5.15. The molecule has 0 N–H and O–H groups in total. The quantitative estimate of drug-likeness (QED) is 0.229. The monoisotopic (exact) mass is 338 g/mol. The lowest BCUT2D eigenvalue weighted by Gasteiger charge is -2.26. The molecule has 94 valence electrons. The zero-order chi connectivity index (χ0) is 12.0. The van der Waals surface area contributed by atoms with Crippen LogP contribution in [0.1, 0.15) is 46.0 Å². The first kappa shape index (κ1) is 14.5. The summed E-state index contributed by atoms with van der Waals surface area (Å²) in [7, 11) is 1.69. The van der Waals surface area contributed by atoms with Crippen LogP contribution in [0.15, 0.2) is 11.6 Å². The van der Waals surface area contributed by atoms with Gasteiger partial charge in [0.15, 0.2) is 5.79 Å². The van der Waals surface area contributed by atoms with Crippen LogP contribution in [0.25, 0.3) is 0 Å². The van der Waals surface area contributed by atoms with E-state index in [0.717, 1.165) is 6.42 Å². The lowest BCUT2D eigenvalue weighted by Crippen LogP contribution is -2.30. The van der Waals surface area contributed by atoms with Crippen LogP contribution < -0.4 is 0 Å². The van der Waals surface area contributed by atoms with Gasteiger partial charge in [-0.2, -0.15) is 0 Å². The fraction of sp³-hybridized carbons (Fsp3) is 0.846. The van der Waals surface area contributed by atoms with Crippen LogP contribution in [0.5, 0.6) is 0 Å². The minimum absolute atomic E-state index is 0.254. The number of ether oxygens (including phenoxy) is 2. The summed E-state index contributed by atoms with van der Waals surface area (Å²) >= 11 is 2.44. The van der Waals surface area contributed by atoms with Crippen LogP contribution in [0.4, 0.5) is 0 Å². The van der Waals surface area contributed by atoms with E-state index < -0.39 is 5.79 Å². The van der Waals surface area contributed by atoms with E-state index >= 15 is 0 Å². The highest BCUT2D eigenvalue weighted by Crippen LogP contribution is 2.28. The van der Waals surface area contributed by atoms with Crippen molar-refractivity contribution in [3.8, 4) is 0 Å². The molecule has 1 unspecified atom stereocenters. The minimum Gasteiger partial charge on any atom is -0.354 e. The topological polar surface area (TPSA) is 18.5 Å². The molecule has 2 nitrogen and oxygen atoms in total. The van der Waals surface area contributed by atoms with Gasteiger partial charge < -0.3 is 9.47 Å². The van der Waals surface area contributed by atoms with Gasteiger partial charge in [-0.1, -0.05) is 34.2 Å². The summed E-state index contributed by atoms with van der Waals surface area (Å²) in [5.74, 6) is -0.459. The maximum atomic E-state index is 5.88. The van der Waals surface area contributed by atoms with E-state index in [1.54, 1.807) is 12.7 Å². The molecule has 0 amide bonds. The molecule has 0 aromatic heterocycles. The Hall–Kier alpha value is 0.390. The average Bonchev–Trinajstić information content (AvgIpc) is 2.65. The molecule has 0 fully saturated rings. The smallest absolute Gasteiger partial charge is 0.163 e. The van der Waals surface area contributed by atoms with E-state index in [4.69, 9.17) is 9.47 Å². The molecule has 0 spiro atoms. The molecular weight excluding hydrogens is 315 g/mol. The summed E-state index contributed by atoms with van der Waals surface area (Å²) in [4.78, 5) is 0. The van der Waals surface area contributed by atoms with Crippen molar-refractivity contribution >= 4 is 22.6 Å². The summed E-state index contributed by atoms with van der Waals surface area (Å²) < 4.78 is 12.4. The van der Waals surface area contributed by atoms with Crippen LogP contribution in [0.3, 0.4) is 0 Å². The maximum Gasteiger partial charge on any atom is 0.163 e. The molecule has 0 heterocycles. The van der Waals surface area contributed by atoms with Gasteiger partial charge in [0.25, 0.3) is 0 Å². The normalized spacial score (nSPS) is 21.2. The van der Waals surface area contributed by atoms with E-state index in [0.29, 0.717) is 0 Å². The van der Waals surface area contributed by atoms with E-state index in [1.165, 1.54) is 30.1 Å². The third-order valence-electron chi connectivity index (χ3n) is 2.98. The minimum atomic E-state index is -0.459. The molecule has 1 aliphatic carbocycles. The van der Waals surface area contributed by atoms with Gasteiger partial charge in [0.05, 0.1) is 6.10 Å². The molecule has 16 heavy (non-hydrogen) atoms. The van der Waals surface area contributed by atoms with Gasteiger partial charge in [0, 0.05) is 7.11 Å². The van der Waals surface area contributed by atoms with Crippen LogP contribution >= 0.6 is 22.6 Å². The average molecular weight is 338 g/mol. The first-order valence-electron chi connectivity index (χ1n) is 6.06. The molecular formula is C13H23IO2. The Morgan fingerprint density at radius 2 is 2.19 bits per heavy atom.